The highest BCUT2D eigenvalue weighted by Gasteiger charge is 2.19. The van der Waals surface area contributed by atoms with Crippen LogP contribution < -0.4 is 10.6 Å². The second kappa shape index (κ2) is 5.23. The van der Waals surface area contributed by atoms with E-state index in [1.807, 2.05) is 0 Å². The van der Waals surface area contributed by atoms with Crippen LogP contribution in [0.25, 0.3) is 0 Å². The third-order valence-corrected chi connectivity index (χ3v) is 2.35. The van der Waals surface area contributed by atoms with Crippen molar-refractivity contribution in [2.24, 2.45) is 5.73 Å². The minimum absolute atomic E-state index is 0.0703. The molecular formula is C11H16F2N2O. The van der Waals surface area contributed by atoms with Crippen LogP contribution in [0, 0.1) is 11.6 Å². The van der Waals surface area contributed by atoms with Crippen LogP contribution >= 0.6 is 0 Å². The zero-order chi connectivity index (χ0) is 12.3. The van der Waals surface area contributed by atoms with Crippen molar-refractivity contribution < 1.29 is 13.9 Å². The molecule has 0 aliphatic carbocycles. The van der Waals surface area contributed by atoms with Crippen LogP contribution in [-0.4, -0.2) is 25.7 Å². The van der Waals surface area contributed by atoms with Gasteiger partial charge >= 0.3 is 0 Å². The lowest BCUT2D eigenvalue weighted by Crippen LogP contribution is -2.17. The molecule has 1 aromatic carbocycles. The van der Waals surface area contributed by atoms with E-state index in [4.69, 9.17) is 5.73 Å². The Kier molecular flexibility index (Phi) is 4.20. The monoisotopic (exact) mass is 230 g/mol. The maximum Gasteiger partial charge on any atom is 0.182 e. The predicted octanol–water partition coefficient (Wildman–Crippen LogP) is 1.41. The summed E-state index contributed by atoms with van der Waals surface area (Å²) in [5.74, 6) is -1.87. The fourth-order valence-corrected chi connectivity index (χ4v) is 1.59. The maximum atomic E-state index is 13.6. The first-order chi connectivity index (χ1) is 7.49. The van der Waals surface area contributed by atoms with Gasteiger partial charge in [0.05, 0.1) is 11.8 Å². The molecule has 3 N–H and O–H groups in total. The molecule has 0 aliphatic rings. The first-order valence-electron chi connectivity index (χ1n) is 5.02. The lowest BCUT2D eigenvalue weighted by Gasteiger charge is -2.21. The molecule has 0 aromatic heterocycles. The SMILES string of the molecule is CN(C)c1c([C@H](O)CCN)ccc(F)c1F. The van der Waals surface area contributed by atoms with Gasteiger partial charge in [-0.25, -0.2) is 8.78 Å². The van der Waals surface area contributed by atoms with Crippen molar-refractivity contribution in [2.75, 3.05) is 25.5 Å². The highest BCUT2D eigenvalue weighted by Crippen LogP contribution is 2.30. The van der Waals surface area contributed by atoms with Gasteiger partial charge in [0.15, 0.2) is 11.6 Å². The Bertz CT molecular complexity index is 369. The van der Waals surface area contributed by atoms with Gasteiger partial charge in [-0.2, -0.15) is 0 Å². The molecule has 16 heavy (non-hydrogen) atoms. The maximum absolute atomic E-state index is 13.6. The topological polar surface area (TPSA) is 49.5 Å². The molecule has 5 heteroatoms. The van der Waals surface area contributed by atoms with Gasteiger partial charge in [-0.3, -0.25) is 0 Å². The van der Waals surface area contributed by atoms with E-state index in [-0.39, 0.29) is 12.2 Å². The highest BCUT2D eigenvalue weighted by molar-refractivity contribution is 5.55. The summed E-state index contributed by atoms with van der Waals surface area (Å²) in [4.78, 5) is 1.44. The average Bonchev–Trinajstić information content (AvgIpc) is 2.21. The Hall–Kier alpha value is -1.20. The normalized spacial score (nSPS) is 12.6. The summed E-state index contributed by atoms with van der Waals surface area (Å²) in [5.41, 5.74) is 5.75. The van der Waals surface area contributed by atoms with Gasteiger partial charge in [-0.1, -0.05) is 6.07 Å². The number of anilines is 1. The fraction of sp³-hybridized carbons (Fsp3) is 0.455. The second-order valence-electron chi connectivity index (χ2n) is 3.79. The van der Waals surface area contributed by atoms with Crippen molar-refractivity contribution in [3.05, 3.63) is 29.3 Å². The average molecular weight is 230 g/mol. The van der Waals surface area contributed by atoms with Crippen molar-refractivity contribution in [3.8, 4) is 0 Å². The summed E-state index contributed by atoms with van der Waals surface area (Å²) in [6.45, 7) is 0.285. The van der Waals surface area contributed by atoms with E-state index >= 15 is 0 Å². The van der Waals surface area contributed by atoms with Crippen LogP contribution in [0.5, 0.6) is 0 Å². The largest absolute Gasteiger partial charge is 0.388 e. The van der Waals surface area contributed by atoms with Gasteiger partial charge in [0, 0.05) is 19.7 Å². The standard InChI is InChI=1S/C11H16F2N2O/c1-15(2)11-7(9(16)5-6-14)3-4-8(12)10(11)13/h3-4,9,16H,5-6,14H2,1-2H3/t9-/m1/s1. The molecule has 0 saturated heterocycles. The highest BCUT2D eigenvalue weighted by atomic mass is 19.2. The van der Waals surface area contributed by atoms with E-state index < -0.39 is 17.7 Å². The number of nitrogens with two attached hydrogens (primary N) is 1. The molecule has 1 atom stereocenters. The first-order valence-corrected chi connectivity index (χ1v) is 5.02. The molecule has 3 nitrogen and oxygen atoms in total. The lowest BCUT2D eigenvalue weighted by molar-refractivity contribution is 0.170. The van der Waals surface area contributed by atoms with Gasteiger partial charge in [0.2, 0.25) is 0 Å². The third kappa shape index (κ3) is 2.48. The van der Waals surface area contributed by atoms with Crippen LogP contribution in [0.3, 0.4) is 0 Å². The summed E-state index contributed by atoms with van der Waals surface area (Å²) < 4.78 is 26.6. The number of aliphatic hydroxyl groups excluding tert-OH is 1. The van der Waals surface area contributed by atoms with Gasteiger partial charge in [-0.15, -0.1) is 0 Å². The molecule has 0 heterocycles. The molecule has 0 saturated carbocycles. The van der Waals surface area contributed by atoms with Crippen molar-refractivity contribution in [1.29, 1.82) is 0 Å². The minimum atomic E-state index is -0.946. The summed E-state index contributed by atoms with van der Waals surface area (Å²) in [6.07, 6.45) is -0.566. The van der Waals surface area contributed by atoms with Crippen molar-refractivity contribution in [2.45, 2.75) is 12.5 Å². The van der Waals surface area contributed by atoms with E-state index in [0.29, 0.717) is 12.0 Å². The number of nitrogens with zero attached hydrogens (tertiary/aromatic N) is 1. The summed E-state index contributed by atoms with van der Waals surface area (Å²) in [6, 6.07) is 2.39. The Morgan fingerprint density at radius 3 is 2.50 bits per heavy atom. The van der Waals surface area contributed by atoms with Crippen LogP contribution in [0.15, 0.2) is 12.1 Å². The van der Waals surface area contributed by atoms with Crippen LogP contribution in [0.4, 0.5) is 14.5 Å². The lowest BCUT2D eigenvalue weighted by atomic mass is 10.0. The number of aliphatic hydroxyl groups is 1. The Balaban J connectivity index is 3.23. The molecule has 1 aromatic rings. The van der Waals surface area contributed by atoms with E-state index in [9.17, 15) is 13.9 Å². The van der Waals surface area contributed by atoms with E-state index in [0.717, 1.165) is 6.07 Å². The van der Waals surface area contributed by atoms with E-state index in [1.165, 1.54) is 11.0 Å². The van der Waals surface area contributed by atoms with Gasteiger partial charge < -0.3 is 15.7 Å². The molecule has 90 valence electrons. The Morgan fingerprint density at radius 2 is 2.00 bits per heavy atom. The first kappa shape index (κ1) is 12.9. The van der Waals surface area contributed by atoms with Gasteiger partial charge in [-0.05, 0) is 19.0 Å². The van der Waals surface area contributed by atoms with Crippen molar-refractivity contribution in [3.63, 3.8) is 0 Å². The van der Waals surface area contributed by atoms with Crippen LogP contribution in [-0.2, 0) is 0 Å². The van der Waals surface area contributed by atoms with Crippen LogP contribution in [0.2, 0.25) is 0 Å². The molecule has 0 aliphatic heterocycles. The molecule has 1 rings (SSSR count). The third-order valence-electron chi connectivity index (χ3n) is 2.35. The Morgan fingerprint density at radius 1 is 1.38 bits per heavy atom. The fourth-order valence-electron chi connectivity index (χ4n) is 1.59. The predicted molar refractivity (Wildman–Crippen MR) is 59.3 cm³/mol. The summed E-state index contributed by atoms with van der Waals surface area (Å²) >= 11 is 0. The molecular weight excluding hydrogens is 214 g/mol. The number of benzene rings is 1. The van der Waals surface area contributed by atoms with E-state index in [1.54, 1.807) is 14.1 Å². The zero-order valence-electron chi connectivity index (χ0n) is 9.37. The van der Waals surface area contributed by atoms with Gasteiger partial charge in [0.25, 0.3) is 0 Å². The van der Waals surface area contributed by atoms with Crippen molar-refractivity contribution in [1.82, 2.24) is 0 Å². The summed E-state index contributed by atoms with van der Waals surface area (Å²) in [7, 11) is 3.19. The van der Waals surface area contributed by atoms with Crippen LogP contribution in [0.1, 0.15) is 18.1 Å². The summed E-state index contributed by atoms with van der Waals surface area (Å²) in [5, 5.41) is 9.77. The molecule has 0 bridgehead atoms. The number of hydrogen-bond acceptors (Lipinski definition) is 3. The zero-order valence-corrected chi connectivity index (χ0v) is 9.37. The Labute approximate surface area is 93.5 Å². The van der Waals surface area contributed by atoms with Crippen molar-refractivity contribution >= 4 is 5.69 Å². The molecule has 0 fully saturated rings. The molecule has 0 unspecified atom stereocenters. The minimum Gasteiger partial charge on any atom is -0.388 e. The number of hydrogen-bond donors (Lipinski definition) is 2. The second-order valence-corrected chi connectivity index (χ2v) is 3.79. The molecule has 0 amide bonds. The molecule has 0 spiro atoms. The quantitative estimate of drug-likeness (QED) is 0.822. The smallest absolute Gasteiger partial charge is 0.182 e. The van der Waals surface area contributed by atoms with E-state index in [2.05, 4.69) is 0 Å². The van der Waals surface area contributed by atoms with Gasteiger partial charge in [0.1, 0.15) is 0 Å². The number of rotatable bonds is 4. The molecule has 0 radical (unpaired) electrons. The number of halogens is 2.